The van der Waals surface area contributed by atoms with Gasteiger partial charge in [-0.05, 0) is 38.5 Å². The maximum Gasteiger partial charge on any atom is 0.335 e. The molecule has 0 aromatic heterocycles. The molecular formula is C13H13ClN2O3. The zero-order chi connectivity index (χ0) is 14.4. The highest BCUT2D eigenvalue weighted by molar-refractivity contribution is 6.37. The quantitative estimate of drug-likeness (QED) is 0.803. The number of aryl methyl sites for hydroxylation is 1. The van der Waals surface area contributed by atoms with Gasteiger partial charge in [0, 0.05) is 0 Å². The van der Waals surface area contributed by atoms with Gasteiger partial charge in [0.05, 0.1) is 10.7 Å². The fraction of sp³-hybridized carbons (Fsp3) is 0.308. The van der Waals surface area contributed by atoms with Crippen molar-refractivity contribution in [2.75, 3.05) is 4.90 Å². The van der Waals surface area contributed by atoms with Gasteiger partial charge in [-0.2, -0.15) is 0 Å². The Hall–Kier alpha value is -1.88. The van der Waals surface area contributed by atoms with Crippen molar-refractivity contribution in [1.82, 2.24) is 5.32 Å². The van der Waals surface area contributed by atoms with Crippen LogP contribution in [0.15, 0.2) is 18.2 Å². The highest BCUT2D eigenvalue weighted by Crippen LogP contribution is 2.32. The van der Waals surface area contributed by atoms with E-state index in [9.17, 15) is 14.4 Å². The molecule has 1 N–H and O–H groups in total. The fourth-order valence-corrected chi connectivity index (χ4v) is 2.11. The van der Waals surface area contributed by atoms with Crippen LogP contribution in [0.1, 0.15) is 19.4 Å². The zero-order valence-corrected chi connectivity index (χ0v) is 11.5. The van der Waals surface area contributed by atoms with Gasteiger partial charge >= 0.3 is 6.03 Å². The van der Waals surface area contributed by atoms with Crippen LogP contribution in [-0.2, 0) is 9.59 Å². The number of nitrogens with one attached hydrogen (secondary N) is 1. The van der Waals surface area contributed by atoms with Crippen molar-refractivity contribution in [3.8, 4) is 0 Å². The molecule has 100 valence electrons. The van der Waals surface area contributed by atoms with Crippen LogP contribution >= 0.6 is 11.6 Å². The van der Waals surface area contributed by atoms with E-state index in [0.717, 1.165) is 10.5 Å². The van der Waals surface area contributed by atoms with E-state index < -0.39 is 23.3 Å². The van der Waals surface area contributed by atoms with E-state index >= 15 is 0 Å². The van der Waals surface area contributed by atoms with Crippen molar-refractivity contribution in [3.63, 3.8) is 0 Å². The number of imide groups is 2. The van der Waals surface area contributed by atoms with Gasteiger partial charge in [0.25, 0.3) is 0 Å². The monoisotopic (exact) mass is 280 g/mol. The van der Waals surface area contributed by atoms with Gasteiger partial charge in [0.2, 0.25) is 11.8 Å². The van der Waals surface area contributed by atoms with E-state index in [0.29, 0.717) is 0 Å². The SMILES string of the molecule is Cc1ccc(N2C(=O)NC(=O)C(C)(C)C2=O)c(Cl)c1. The second kappa shape index (κ2) is 4.35. The number of hydrogen-bond acceptors (Lipinski definition) is 3. The molecule has 0 unspecified atom stereocenters. The standard InChI is InChI=1S/C13H13ClN2O3/c1-7-4-5-9(8(14)6-7)16-11(18)13(2,3)10(17)15-12(16)19/h4-6H,1-3H3,(H,15,17,19). The minimum atomic E-state index is -1.30. The lowest BCUT2D eigenvalue weighted by Gasteiger charge is -2.34. The Balaban J connectivity index is 2.52. The molecule has 0 saturated carbocycles. The van der Waals surface area contributed by atoms with Crippen LogP contribution in [0.3, 0.4) is 0 Å². The molecule has 1 aromatic rings. The van der Waals surface area contributed by atoms with Crippen LogP contribution in [0.25, 0.3) is 0 Å². The number of rotatable bonds is 1. The first kappa shape index (κ1) is 13.5. The summed E-state index contributed by atoms with van der Waals surface area (Å²) in [4.78, 5) is 36.7. The van der Waals surface area contributed by atoms with Gasteiger partial charge in [-0.15, -0.1) is 0 Å². The number of halogens is 1. The summed E-state index contributed by atoms with van der Waals surface area (Å²) < 4.78 is 0. The Morgan fingerprint density at radius 2 is 1.84 bits per heavy atom. The van der Waals surface area contributed by atoms with Crippen LogP contribution in [0.5, 0.6) is 0 Å². The molecule has 6 heteroatoms. The molecule has 0 radical (unpaired) electrons. The van der Waals surface area contributed by atoms with Crippen LogP contribution in [0.2, 0.25) is 5.02 Å². The largest absolute Gasteiger partial charge is 0.335 e. The van der Waals surface area contributed by atoms with Crippen molar-refractivity contribution in [1.29, 1.82) is 0 Å². The number of urea groups is 1. The molecule has 1 heterocycles. The number of nitrogens with zero attached hydrogens (tertiary/aromatic N) is 1. The predicted octanol–water partition coefficient (Wildman–Crippen LogP) is 2.26. The number of anilines is 1. The third kappa shape index (κ3) is 2.10. The van der Waals surface area contributed by atoms with E-state index in [1.165, 1.54) is 13.8 Å². The summed E-state index contributed by atoms with van der Waals surface area (Å²) >= 11 is 6.06. The van der Waals surface area contributed by atoms with E-state index in [1.54, 1.807) is 18.2 Å². The van der Waals surface area contributed by atoms with Crippen molar-refractivity contribution in [2.24, 2.45) is 5.41 Å². The summed E-state index contributed by atoms with van der Waals surface area (Å²) in [6, 6.07) is 4.20. The third-order valence-corrected chi connectivity index (χ3v) is 3.38. The molecule has 1 saturated heterocycles. The Morgan fingerprint density at radius 1 is 1.21 bits per heavy atom. The maximum atomic E-state index is 12.3. The Morgan fingerprint density at radius 3 is 2.42 bits per heavy atom. The molecule has 19 heavy (non-hydrogen) atoms. The molecule has 1 aliphatic heterocycles. The molecule has 0 atom stereocenters. The smallest absolute Gasteiger partial charge is 0.276 e. The number of benzene rings is 1. The van der Waals surface area contributed by atoms with Crippen LogP contribution in [0.4, 0.5) is 10.5 Å². The van der Waals surface area contributed by atoms with Gasteiger partial charge in [-0.3, -0.25) is 14.9 Å². The van der Waals surface area contributed by atoms with Crippen LogP contribution < -0.4 is 10.2 Å². The number of hydrogen-bond donors (Lipinski definition) is 1. The minimum Gasteiger partial charge on any atom is -0.276 e. The van der Waals surface area contributed by atoms with E-state index in [-0.39, 0.29) is 10.7 Å². The fourth-order valence-electron chi connectivity index (χ4n) is 1.79. The van der Waals surface area contributed by atoms with Crippen molar-refractivity contribution in [2.45, 2.75) is 20.8 Å². The molecule has 1 aliphatic rings. The molecule has 0 aliphatic carbocycles. The summed E-state index contributed by atoms with van der Waals surface area (Å²) in [7, 11) is 0. The first-order chi connectivity index (χ1) is 8.75. The van der Waals surface area contributed by atoms with E-state index in [2.05, 4.69) is 5.32 Å². The maximum absolute atomic E-state index is 12.3. The second-order valence-electron chi connectivity index (χ2n) is 4.98. The van der Waals surface area contributed by atoms with E-state index in [1.807, 2.05) is 6.92 Å². The Labute approximate surface area is 115 Å². The van der Waals surface area contributed by atoms with Gasteiger partial charge in [0.15, 0.2) is 0 Å². The van der Waals surface area contributed by atoms with Crippen LogP contribution in [-0.4, -0.2) is 17.8 Å². The third-order valence-electron chi connectivity index (χ3n) is 3.07. The van der Waals surface area contributed by atoms with Gasteiger partial charge in [0.1, 0.15) is 5.41 Å². The lowest BCUT2D eigenvalue weighted by Crippen LogP contribution is -2.62. The van der Waals surface area contributed by atoms with Gasteiger partial charge in [-0.25, -0.2) is 9.69 Å². The first-order valence-electron chi connectivity index (χ1n) is 5.71. The summed E-state index contributed by atoms with van der Waals surface area (Å²) in [5.74, 6) is -1.20. The molecule has 1 aromatic carbocycles. The zero-order valence-electron chi connectivity index (χ0n) is 10.8. The average Bonchev–Trinajstić information content (AvgIpc) is 2.30. The molecule has 4 amide bonds. The van der Waals surface area contributed by atoms with Crippen molar-refractivity contribution >= 4 is 35.1 Å². The van der Waals surface area contributed by atoms with Gasteiger partial charge < -0.3 is 0 Å². The molecular weight excluding hydrogens is 268 g/mol. The number of carbonyl (C=O) groups excluding carboxylic acids is 3. The highest BCUT2D eigenvalue weighted by Gasteiger charge is 2.48. The minimum absolute atomic E-state index is 0.273. The highest BCUT2D eigenvalue weighted by atomic mass is 35.5. The predicted molar refractivity (Wildman–Crippen MR) is 71.0 cm³/mol. The normalized spacial score (nSPS) is 18.5. The number of amides is 4. The summed E-state index contributed by atoms with van der Waals surface area (Å²) in [5, 5.41) is 2.44. The lowest BCUT2D eigenvalue weighted by molar-refractivity contribution is -0.140. The number of barbiturate groups is 1. The summed E-state index contributed by atoms with van der Waals surface area (Å²) in [5.41, 5.74) is -0.119. The van der Waals surface area contributed by atoms with Crippen molar-refractivity contribution < 1.29 is 14.4 Å². The molecule has 0 bridgehead atoms. The Kier molecular flexibility index (Phi) is 3.10. The van der Waals surface area contributed by atoms with E-state index in [4.69, 9.17) is 11.6 Å². The second-order valence-corrected chi connectivity index (χ2v) is 5.39. The Bertz CT molecular complexity index is 596. The summed E-state index contributed by atoms with van der Waals surface area (Å²) in [6.07, 6.45) is 0. The first-order valence-corrected chi connectivity index (χ1v) is 6.09. The molecule has 1 fully saturated rings. The topological polar surface area (TPSA) is 66.5 Å². The number of carbonyl (C=O) groups is 3. The average molecular weight is 281 g/mol. The molecule has 2 rings (SSSR count). The van der Waals surface area contributed by atoms with Gasteiger partial charge in [-0.1, -0.05) is 17.7 Å². The molecule has 5 nitrogen and oxygen atoms in total. The molecule has 0 spiro atoms. The lowest BCUT2D eigenvalue weighted by atomic mass is 9.88. The summed E-state index contributed by atoms with van der Waals surface area (Å²) in [6.45, 7) is 4.78. The van der Waals surface area contributed by atoms with Crippen LogP contribution in [0, 0.1) is 12.3 Å². The van der Waals surface area contributed by atoms with Crippen molar-refractivity contribution in [3.05, 3.63) is 28.8 Å².